The molecule has 0 saturated heterocycles. The molecule has 0 amide bonds. The van der Waals surface area contributed by atoms with Gasteiger partial charge in [0.25, 0.3) is 0 Å². The smallest absolute Gasteiger partial charge is 0.0462 e. The number of benzene rings is 5. The number of halogens is 1. The maximum atomic E-state index is 3.72. The molecule has 5 aromatic rings. The molecular weight excluding hydrogens is 514 g/mol. The lowest BCUT2D eigenvalue weighted by atomic mass is 9.73. The Morgan fingerprint density at radius 1 is 0.541 bits per heavy atom. The Morgan fingerprint density at radius 3 is 1.59 bits per heavy atom. The fourth-order valence-electron chi connectivity index (χ4n) is 6.06. The van der Waals surface area contributed by atoms with Gasteiger partial charge in [-0.15, -0.1) is 0 Å². The van der Waals surface area contributed by atoms with Gasteiger partial charge in [0.15, 0.2) is 0 Å². The largest absolute Gasteiger partial charge is 0.311 e. The first-order chi connectivity index (χ1) is 18.1. The normalized spacial score (nSPS) is 13.2. The van der Waals surface area contributed by atoms with Crippen molar-refractivity contribution in [2.24, 2.45) is 0 Å². The first-order valence-electron chi connectivity index (χ1n) is 13.1. The molecule has 0 spiro atoms. The van der Waals surface area contributed by atoms with Crippen LogP contribution in [0.2, 0.25) is 0 Å². The number of rotatable bonds is 6. The van der Waals surface area contributed by atoms with Gasteiger partial charge in [-0.05, 0) is 101 Å². The SMILES string of the molecule is CCC1(CC)c2cc(Br)ccc2-c2ccc(-c3ccc(N(c4ccccc4)c4ccccc4)cc3)cc21. The molecule has 0 atom stereocenters. The lowest BCUT2D eigenvalue weighted by Crippen LogP contribution is -2.23. The Hall–Kier alpha value is -3.62. The van der Waals surface area contributed by atoms with Crippen molar-refractivity contribution in [2.45, 2.75) is 32.1 Å². The summed E-state index contributed by atoms with van der Waals surface area (Å²) in [4.78, 5) is 2.31. The quantitative estimate of drug-likeness (QED) is 0.206. The molecule has 0 radical (unpaired) electrons. The predicted octanol–water partition coefficient (Wildman–Crippen LogP) is 10.7. The summed E-state index contributed by atoms with van der Waals surface area (Å²) in [5.41, 5.74) is 11.7. The van der Waals surface area contributed by atoms with Crippen LogP contribution in [-0.4, -0.2) is 0 Å². The summed E-state index contributed by atoms with van der Waals surface area (Å²) < 4.78 is 1.16. The van der Waals surface area contributed by atoms with Gasteiger partial charge < -0.3 is 4.90 Å². The Bertz CT molecular complexity index is 1490. The fraction of sp³-hybridized carbons (Fsp3) is 0.143. The van der Waals surface area contributed by atoms with Crippen molar-refractivity contribution < 1.29 is 0 Å². The van der Waals surface area contributed by atoms with Crippen molar-refractivity contribution in [1.29, 1.82) is 0 Å². The Kier molecular flexibility index (Phi) is 6.22. The summed E-state index contributed by atoms with van der Waals surface area (Å²) in [6.07, 6.45) is 2.18. The summed E-state index contributed by atoms with van der Waals surface area (Å²) in [6, 6.07) is 44.0. The van der Waals surface area contributed by atoms with E-state index in [9.17, 15) is 0 Å². The van der Waals surface area contributed by atoms with E-state index in [1.54, 1.807) is 0 Å². The molecule has 182 valence electrons. The zero-order valence-electron chi connectivity index (χ0n) is 21.3. The van der Waals surface area contributed by atoms with E-state index in [0.29, 0.717) is 0 Å². The van der Waals surface area contributed by atoms with E-state index in [1.807, 2.05) is 0 Å². The molecule has 6 rings (SSSR count). The first-order valence-corrected chi connectivity index (χ1v) is 13.9. The molecule has 0 fully saturated rings. The highest BCUT2D eigenvalue weighted by Gasteiger charge is 2.40. The lowest BCUT2D eigenvalue weighted by Gasteiger charge is -2.30. The number of hydrogen-bond acceptors (Lipinski definition) is 1. The van der Waals surface area contributed by atoms with E-state index in [2.05, 4.69) is 156 Å². The minimum absolute atomic E-state index is 0.0574. The van der Waals surface area contributed by atoms with Gasteiger partial charge >= 0.3 is 0 Å². The van der Waals surface area contributed by atoms with Crippen LogP contribution in [0, 0.1) is 0 Å². The van der Waals surface area contributed by atoms with Crippen LogP contribution < -0.4 is 4.90 Å². The van der Waals surface area contributed by atoms with E-state index in [0.717, 1.165) is 34.4 Å². The van der Waals surface area contributed by atoms with Gasteiger partial charge in [0, 0.05) is 26.9 Å². The van der Waals surface area contributed by atoms with E-state index >= 15 is 0 Å². The molecule has 0 aliphatic heterocycles. The van der Waals surface area contributed by atoms with E-state index < -0.39 is 0 Å². The lowest BCUT2D eigenvalue weighted by molar-refractivity contribution is 0.490. The molecule has 1 aliphatic rings. The molecule has 0 saturated carbocycles. The monoisotopic (exact) mass is 543 g/mol. The van der Waals surface area contributed by atoms with Crippen LogP contribution in [0.25, 0.3) is 22.3 Å². The highest BCUT2D eigenvalue weighted by molar-refractivity contribution is 9.10. The van der Waals surface area contributed by atoms with Crippen molar-refractivity contribution >= 4 is 33.0 Å². The summed E-state index contributed by atoms with van der Waals surface area (Å²) in [5.74, 6) is 0. The Balaban J connectivity index is 1.41. The summed E-state index contributed by atoms with van der Waals surface area (Å²) in [6.45, 7) is 4.65. The van der Waals surface area contributed by atoms with Crippen LogP contribution in [0.4, 0.5) is 17.1 Å². The van der Waals surface area contributed by atoms with Gasteiger partial charge in [0.2, 0.25) is 0 Å². The zero-order valence-corrected chi connectivity index (χ0v) is 22.9. The highest BCUT2D eigenvalue weighted by atomic mass is 79.9. The number of hydrogen-bond donors (Lipinski definition) is 0. The average molecular weight is 545 g/mol. The maximum Gasteiger partial charge on any atom is 0.0462 e. The van der Waals surface area contributed by atoms with Crippen LogP contribution in [0.3, 0.4) is 0 Å². The molecule has 0 unspecified atom stereocenters. The second-order valence-electron chi connectivity index (χ2n) is 9.79. The number of fused-ring (bicyclic) bond motifs is 3. The first kappa shape index (κ1) is 23.8. The summed E-state index contributed by atoms with van der Waals surface area (Å²) >= 11 is 3.72. The molecule has 0 heterocycles. The average Bonchev–Trinajstić information content (AvgIpc) is 3.23. The number of para-hydroxylation sites is 2. The van der Waals surface area contributed by atoms with Gasteiger partial charge in [-0.3, -0.25) is 0 Å². The van der Waals surface area contributed by atoms with Crippen LogP contribution in [-0.2, 0) is 5.41 Å². The van der Waals surface area contributed by atoms with E-state index in [4.69, 9.17) is 0 Å². The third kappa shape index (κ3) is 4.01. The molecular formula is C35H30BrN. The van der Waals surface area contributed by atoms with Gasteiger partial charge in [-0.2, -0.15) is 0 Å². The minimum Gasteiger partial charge on any atom is -0.311 e. The predicted molar refractivity (Wildman–Crippen MR) is 161 cm³/mol. The molecule has 0 N–H and O–H groups in total. The maximum absolute atomic E-state index is 3.72. The minimum atomic E-state index is 0.0574. The molecule has 5 aromatic carbocycles. The van der Waals surface area contributed by atoms with Gasteiger partial charge in [-0.25, -0.2) is 0 Å². The Labute approximate surface area is 228 Å². The molecule has 1 aliphatic carbocycles. The Morgan fingerprint density at radius 2 is 1.03 bits per heavy atom. The molecule has 37 heavy (non-hydrogen) atoms. The highest BCUT2D eigenvalue weighted by Crippen LogP contribution is 2.54. The van der Waals surface area contributed by atoms with Crippen LogP contribution in [0.1, 0.15) is 37.8 Å². The third-order valence-electron chi connectivity index (χ3n) is 8.02. The van der Waals surface area contributed by atoms with Crippen molar-refractivity contribution in [3.05, 3.63) is 137 Å². The number of nitrogens with zero attached hydrogens (tertiary/aromatic N) is 1. The van der Waals surface area contributed by atoms with Crippen molar-refractivity contribution in [1.82, 2.24) is 0 Å². The summed E-state index contributed by atoms with van der Waals surface area (Å²) in [7, 11) is 0. The second-order valence-corrected chi connectivity index (χ2v) is 10.7. The van der Waals surface area contributed by atoms with Gasteiger partial charge in [0.1, 0.15) is 0 Å². The zero-order chi connectivity index (χ0) is 25.4. The molecule has 1 nitrogen and oxygen atoms in total. The van der Waals surface area contributed by atoms with Gasteiger partial charge in [0.05, 0.1) is 0 Å². The topological polar surface area (TPSA) is 3.24 Å². The molecule has 2 heteroatoms. The van der Waals surface area contributed by atoms with Crippen LogP contribution in [0.5, 0.6) is 0 Å². The third-order valence-corrected chi connectivity index (χ3v) is 8.51. The molecule has 0 bridgehead atoms. The fourth-order valence-corrected chi connectivity index (χ4v) is 6.42. The van der Waals surface area contributed by atoms with E-state index in [1.165, 1.54) is 33.4 Å². The van der Waals surface area contributed by atoms with Gasteiger partial charge in [-0.1, -0.05) is 96.5 Å². The molecule has 0 aromatic heterocycles. The second kappa shape index (κ2) is 9.68. The summed E-state index contributed by atoms with van der Waals surface area (Å²) in [5, 5.41) is 0. The van der Waals surface area contributed by atoms with Crippen molar-refractivity contribution in [2.75, 3.05) is 4.90 Å². The van der Waals surface area contributed by atoms with Crippen LogP contribution in [0.15, 0.2) is 126 Å². The van der Waals surface area contributed by atoms with Crippen molar-refractivity contribution in [3.8, 4) is 22.3 Å². The van der Waals surface area contributed by atoms with Crippen LogP contribution >= 0.6 is 15.9 Å². The standard InChI is InChI=1S/C35H30BrN/c1-3-35(4-2)33-23-26(17-21-31(33)32-22-18-27(36)24-34(32)35)25-15-19-30(20-16-25)37(28-11-7-5-8-12-28)29-13-9-6-10-14-29/h5-24H,3-4H2,1-2H3. The van der Waals surface area contributed by atoms with Crippen molar-refractivity contribution in [3.63, 3.8) is 0 Å². The van der Waals surface area contributed by atoms with E-state index in [-0.39, 0.29) is 5.41 Å². The number of anilines is 3.